The number of hydrogen-bond donors (Lipinski definition) is 1. The van der Waals surface area contributed by atoms with Gasteiger partial charge in [0.2, 0.25) is 0 Å². The van der Waals surface area contributed by atoms with E-state index in [0.29, 0.717) is 5.56 Å². The zero-order valence-electron chi connectivity index (χ0n) is 17.3. The number of carboxylic acid groups (broad SMARTS) is 1. The Balaban J connectivity index is 0. The fourth-order valence-corrected chi connectivity index (χ4v) is 2.78. The number of carboxylic acids is 1. The molecule has 0 amide bonds. The van der Waals surface area contributed by atoms with Gasteiger partial charge in [-0.25, -0.2) is 4.79 Å². The summed E-state index contributed by atoms with van der Waals surface area (Å²) in [4.78, 5) is 10.2. The fourth-order valence-electron chi connectivity index (χ4n) is 2.78. The van der Waals surface area contributed by atoms with E-state index >= 15 is 0 Å². The molecule has 1 aromatic carbocycles. The average Bonchev–Trinajstić information content (AvgIpc) is 2.64. The van der Waals surface area contributed by atoms with Crippen LogP contribution in [-0.2, 0) is 0 Å². The van der Waals surface area contributed by atoms with E-state index < -0.39 is 5.97 Å². The van der Waals surface area contributed by atoms with Gasteiger partial charge < -0.3 is 12.0 Å². The Morgan fingerprint density at radius 3 is 1.46 bits per heavy atom. The van der Waals surface area contributed by atoms with Crippen molar-refractivity contribution in [3.8, 4) is 0 Å². The molecule has 0 fully saturated rings. The van der Waals surface area contributed by atoms with Gasteiger partial charge in [-0.3, -0.25) is 0 Å². The van der Waals surface area contributed by atoms with Crippen LogP contribution in [0.3, 0.4) is 0 Å². The maximum atomic E-state index is 10.2. The summed E-state index contributed by atoms with van der Waals surface area (Å²) in [6.07, 6.45) is 19.8. The molecule has 0 bridgehead atoms. The Hall–Kier alpha value is 0.326. The molecule has 0 aliphatic rings. The molecule has 1 rings (SSSR count). The van der Waals surface area contributed by atoms with Crippen LogP contribution >= 0.6 is 0 Å². The third-order valence-corrected chi connectivity index (χ3v) is 4.37. The normalized spacial score (nSPS) is 9.77. The first-order valence-corrected chi connectivity index (χ1v) is 10.3. The molecule has 1 aromatic rings. The van der Waals surface area contributed by atoms with Crippen LogP contribution in [0.5, 0.6) is 0 Å². The van der Waals surface area contributed by atoms with E-state index in [1.165, 1.54) is 83.5 Å². The molecule has 0 saturated carbocycles. The van der Waals surface area contributed by atoms with Crippen molar-refractivity contribution in [3.63, 3.8) is 0 Å². The molecule has 1 N–H and O–H groups in total. The molecule has 0 spiro atoms. The number of unbranched alkanes of at least 4 members (excludes halogenated alkanes) is 13. The second kappa shape index (κ2) is 23.4. The summed E-state index contributed by atoms with van der Waals surface area (Å²) >= 11 is 0. The van der Waals surface area contributed by atoms with Crippen LogP contribution in [0.2, 0.25) is 0 Å². The van der Waals surface area contributed by atoms with Crippen molar-refractivity contribution in [1.29, 1.82) is 0 Å². The Morgan fingerprint density at radius 1 is 0.769 bits per heavy atom. The van der Waals surface area contributed by atoms with Gasteiger partial charge in [0.05, 0.1) is 5.56 Å². The standard InChI is InChI=1S/C16H33.C7H6O2.K/c1-3-5-7-9-11-13-15-16-14-12-10-8-6-4-2;8-7(9)6-4-2-1-3-5-6;/h1,3-16H2,2H3;1-5H,(H,8,9);/q-1;;+1. The zero-order chi connectivity index (χ0) is 18.6. The number of hydrogen-bond acceptors (Lipinski definition) is 1. The minimum Gasteiger partial charge on any atom is -0.478 e. The Morgan fingerprint density at radius 2 is 1.15 bits per heavy atom. The van der Waals surface area contributed by atoms with Crippen LogP contribution in [-0.4, -0.2) is 11.1 Å². The smallest absolute Gasteiger partial charge is 0.478 e. The van der Waals surface area contributed by atoms with Gasteiger partial charge in [0.15, 0.2) is 0 Å². The number of carbonyl (C=O) groups is 1. The van der Waals surface area contributed by atoms with Crippen LogP contribution in [0.25, 0.3) is 0 Å². The van der Waals surface area contributed by atoms with Crippen molar-refractivity contribution < 1.29 is 61.3 Å². The maximum Gasteiger partial charge on any atom is 1.00 e. The number of benzene rings is 1. The van der Waals surface area contributed by atoms with Crippen molar-refractivity contribution >= 4 is 5.97 Å². The molecule has 0 radical (unpaired) electrons. The van der Waals surface area contributed by atoms with Gasteiger partial charge in [0, 0.05) is 0 Å². The number of rotatable bonds is 14. The van der Waals surface area contributed by atoms with Gasteiger partial charge in [-0.1, -0.05) is 109 Å². The molecule has 0 aromatic heterocycles. The minimum atomic E-state index is -0.879. The van der Waals surface area contributed by atoms with Crippen molar-refractivity contribution in [3.05, 3.63) is 42.8 Å². The summed E-state index contributed by atoms with van der Waals surface area (Å²) in [5.74, 6) is -0.879. The second-order valence-corrected chi connectivity index (χ2v) is 6.77. The van der Waals surface area contributed by atoms with Gasteiger partial charge >= 0.3 is 57.4 Å². The van der Waals surface area contributed by atoms with Gasteiger partial charge in [-0.05, 0) is 12.1 Å². The zero-order valence-corrected chi connectivity index (χ0v) is 20.5. The third-order valence-electron chi connectivity index (χ3n) is 4.37. The van der Waals surface area contributed by atoms with E-state index in [9.17, 15) is 4.79 Å². The van der Waals surface area contributed by atoms with Gasteiger partial charge in [0.1, 0.15) is 0 Å². The predicted octanol–water partition coefficient (Wildman–Crippen LogP) is 4.69. The van der Waals surface area contributed by atoms with E-state index in [1.807, 2.05) is 0 Å². The van der Waals surface area contributed by atoms with Crippen LogP contribution in [0.4, 0.5) is 0 Å². The minimum absolute atomic E-state index is 0. The monoisotopic (exact) mass is 386 g/mol. The van der Waals surface area contributed by atoms with Crippen molar-refractivity contribution in [2.75, 3.05) is 0 Å². The molecule has 144 valence electrons. The summed E-state index contributed by atoms with van der Waals surface area (Å²) in [6, 6.07) is 8.30. The molecule has 0 unspecified atom stereocenters. The van der Waals surface area contributed by atoms with Gasteiger partial charge in [0.25, 0.3) is 0 Å². The first kappa shape index (κ1) is 28.5. The first-order valence-electron chi connectivity index (χ1n) is 10.3. The molecule has 0 atom stereocenters. The Kier molecular flexibility index (Phi) is 25.6. The molecular weight excluding hydrogens is 347 g/mol. The van der Waals surface area contributed by atoms with Gasteiger partial charge in [-0.2, -0.15) is 6.42 Å². The molecule has 26 heavy (non-hydrogen) atoms. The predicted molar refractivity (Wildman–Crippen MR) is 109 cm³/mol. The Labute approximate surface area is 205 Å². The van der Waals surface area contributed by atoms with E-state index in [4.69, 9.17) is 5.11 Å². The summed E-state index contributed by atoms with van der Waals surface area (Å²) in [5.41, 5.74) is 0.331. The maximum absolute atomic E-state index is 10.2. The third kappa shape index (κ3) is 20.6. The van der Waals surface area contributed by atoms with Gasteiger partial charge in [-0.15, -0.1) is 0 Å². The largest absolute Gasteiger partial charge is 1.00 e. The molecule has 0 aliphatic heterocycles. The van der Waals surface area contributed by atoms with Crippen LogP contribution in [0.15, 0.2) is 30.3 Å². The van der Waals surface area contributed by atoms with Crippen LogP contribution < -0.4 is 51.4 Å². The Bertz CT molecular complexity index is 378. The molecule has 3 heteroatoms. The summed E-state index contributed by atoms with van der Waals surface area (Å²) in [7, 11) is 0. The second-order valence-electron chi connectivity index (χ2n) is 6.77. The van der Waals surface area contributed by atoms with Crippen molar-refractivity contribution in [2.45, 2.75) is 96.8 Å². The quantitative estimate of drug-likeness (QED) is 0.286. The molecule has 0 saturated heterocycles. The summed E-state index contributed by atoms with van der Waals surface area (Å²) in [5, 5.41) is 8.38. The summed E-state index contributed by atoms with van der Waals surface area (Å²) in [6.45, 7) is 6.16. The topological polar surface area (TPSA) is 37.3 Å². The summed E-state index contributed by atoms with van der Waals surface area (Å²) < 4.78 is 0. The SMILES string of the molecule is O=C(O)c1ccccc1.[CH2-]CCCCCCCCCCCCCCC.[K+]. The van der Waals surface area contributed by atoms with Crippen molar-refractivity contribution in [1.82, 2.24) is 0 Å². The van der Waals surface area contributed by atoms with E-state index in [-0.39, 0.29) is 51.4 Å². The van der Waals surface area contributed by atoms with Crippen LogP contribution in [0.1, 0.15) is 107 Å². The van der Waals surface area contributed by atoms with Crippen molar-refractivity contribution in [2.24, 2.45) is 0 Å². The molecule has 0 heterocycles. The average molecular weight is 387 g/mol. The molecule has 2 nitrogen and oxygen atoms in total. The first-order chi connectivity index (χ1) is 12.2. The van der Waals surface area contributed by atoms with E-state index in [1.54, 1.807) is 30.3 Å². The van der Waals surface area contributed by atoms with Crippen LogP contribution in [0, 0.1) is 6.92 Å². The van der Waals surface area contributed by atoms with E-state index in [0.717, 1.165) is 6.42 Å². The molecular formula is C23H39KO2. The fraction of sp³-hybridized carbons (Fsp3) is 0.652. The molecule has 0 aliphatic carbocycles. The van der Waals surface area contributed by atoms with E-state index in [2.05, 4.69) is 13.8 Å². The number of aromatic carboxylic acids is 1.